The van der Waals surface area contributed by atoms with Gasteiger partial charge in [0.1, 0.15) is 0 Å². The van der Waals surface area contributed by atoms with Crippen molar-refractivity contribution in [2.45, 2.75) is 17.3 Å². The summed E-state index contributed by atoms with van der Waals surface area (Å²) < 4.78 is 80.2. The first-order valence-corrected chi connectivity index (χ1v) is 7.59. The monoisotopic (exact) mass is 318 g/mol. The molecule has 0 aromatic heterocycles. The number of sulfonamides is 2. The zero-order valence-corrected chi connectivity index (χ0v) is 11.0. The molecule has 1 aromatic rings. The number of benzene rings is 1. The predicted octanol–water partition coefficient (Wildman–Crippen LogP) is 0.628. The lowest BCUT2D eigenvalue weighted by atomic mass is 10.2. The first-order valence-electron chi connectivity index (χ1n) is 4.62. The molecule has 0 atom stereocenters. The van der Waals surface area contributed by atoms with Crippen molar-refractivity contribution >= 4 is 20.0 Å². The van der Waals surface area contributed by atoms with Crippen molar-refractivity contribution in [3.8, 4) is 0 Å². The van der Waals surface area contributed by atoms with Crippen molar-refractivity contribution in [3.63, 3.8) is 0 Å². The molecule has 0 heterocycles. The third-order valence-electron chi connectivity index (χ3n) is 1.95. The molecule has 0 amide bonds. The molecule has 1 rings (SSSR count). The summed E-state index contributed by atoms with van der Waals surface area (Å²) in [5.41, 5.74) is -4.88. The van der Waals surface area contributed by atoms with Gasteiger partial charge in [-0.15, -0.1) is 9.66 Å². The largest absolute Gasteiger partial charge is 0.512 e. The third kappa shape index (κ3) is 3.89. The molecule has 19 heavy (non-hydrogen) atoms. The zero-order chi connectivity index (χ0) is 14.9. The minimum atomic E-state index is -5.79. The standard InChI is InChI=1S/C8H9F3N2O4S2/c1-6-2-4-7(5-3-6)18(14,15)12-13-19(16,17)8(9,10)11/h2-5,12-13H,1H3. The summed E-state index contributed by atoms with van der Waals surface area (Å²) in [4.78, 5) is 1.55. The quantitative estimate of drug-likeness (QED) is 0.796. The Morgan fingerprint density at radius 3 is 1.84 bits per heavy atom. The molecule has 0 aliphatic rings. The number of aryl methyl sites for hydroxylation is 1. The van der Waals surface area contributed by atoms with Crippen LogP contribution in [0.2, 0.25) is 0 Å². The summed E-state index contributed by atoms with van der Waals surface area (Å²) >= 11 is 0. The summed E-state index contributed by atoms with van der Waals surface area (Å²) in [6, 6.07) is 5.07. The van der Waals surface area contributed by atoms with E-state index >= 15 is 0 Å². The van der Waals surface area contributed by atoms with Crippen LogP contribution in [0.3, 0.4) is 0 Å². The van der Waals surface area contributed by atoms with Crippen LogP contribution in [0.5, 0.6) is 0 Å². The molecule has 2 N–H and O–H groups in total. The molecule has 0 bridgehead atoms. The molecule has 0 radical (unpaired) electrons. The normalized spacial score (nSPS) is 13.5. The molecular formula is C8H9F3N2O4S2. The van der Waals surface area contributed by atoms with Crippen LogP contribution < -0.4 is 9.66 Å². The first-order chi connectivity index (χ1) is 8.46. The fraction of sp³-hybridized carbons (Fsp3) is 0.250. The molecule has 0 saturated carbocycles. The van der Waals surface area contributed by atoms with Gasteiger partial charge in [-0.3, -0.25) is 0 Å². The van der Waals surface area contributed by atoms with Gasteiger partial charge in [0.25, 0.3) is 10.0 Å². The minimum Gasteiger partial charge on any atom is -0.206 e. The minimum absolute atomic E-state index is 0.372. The lowest BCUT2D eigenvalue weighted by molar-refractivity contribution is -0.0449. The lowest BCUT2D eigenvalue weighted by Gasteiger charge is -2.11. The number of rotatable bonds is 4. The van der Waals surface area contributed by atoms with Crippen molar-refractivity contribution in [2.75, 3.05) is 0 Å². The smallest absolute Gasteiger partial charge is 0.206 e. The average molecular weight is 318 g/mol. The Labute approximate surface area is 107 Å². The van der Waals surface area contributed by atoms with Gasteiger partial charge >= 0.3 is 15.5 Å². The molecule has 11 heteroatoms. The number of alkyl halides is 3. The maximum absolute atomic E-state index is 12.0. The fourth-order valence-electron chi connectivity index (χ4n) is 0.944. The summed E-state index contributed by atoms with van der Waals surface area (Å²) in [6.07, 6.45) is 0. The highest BCUT2D eigenvalue weighted by atomic mass is 32.2. The van der Waals surface area contributed by atoms with Crippen LogP contribution in [0, 0.1) is 6.92 Å². The average Bonchev–Trinajstić information content (AvgIpc) is 2.26. The maximum atomic E-state index is 12.0. The van der Waals surface area contributed by atoms with Crippen LogP contribution in [0.25, 0.3) is 0 Å². The summed E-state index contributed by atoms with van der Waals surface area (Å²) in [5.74, 6) is 0. The van der Waals surface area contributed by atoms with Gasteiger partial charge in [0.15, 0.2) is 0 Å². The second-order valence-corrected chi connectivity index (χ2v) is 6.83. The Kier molecular flexibility index (Phi) is 4.24. The Bertz CT molecular complexity index is 650. The highest BCUT2D eigenvalue weighted by Gasteiger charge is 2.46. The van der Waals surface area contributed by atoms with Crippen molar-refractivity contribution in [1.82, 2.24) is 9.66 Å². The van der Waals surface area contributed by atoms with Crippen molar-refractivity contribution in [2.24, 2.45) is 0 Å². The van der Waals surface area contributed by atoms with Crippen molar-refractivity contribution in [3.05, 3.63) is 29.8 Å². The Morgan fingerprint density at radius 1 is 0.947 bits per heavy atom. The molecule has 0 saturated heterocycles. The second kappa shape index (κ2) is 5.07. The van der Waals surface area contributed by atoms with Gasteiger partial charge < -0.3 is 0 Å². The number of nitrogens with one attached hydrogen (secondary N) is 2. The van der Waals surface area contributed by atoms with Gasteiger partial charge in [0.05, 0.1) is 4.90 Å². The zero-order valence-electron chi connectivity index (χ0n) is 9.39. The van der Waals surface area contributed by atoms with Gasteiger partial charge in [-0.2, -0.15) is 13.2 Å². The van der Waals surface area contributed by atoms with Crippen molar-refractivity contribution in [1.29, 1.82) is 0 Å². The Hall–Kier alpha value is -1.17. The van der Waals surface area contributed by atoms with Crippen LogP contribution in [0.15, 0.2) is 29.2 Å². The first kappa shape index (κ1) is 15.9. The predicted molar refractivity (Wildman–Crippen MR) is 59.6 cm³/mol. The van der Waals surface area contributed by atoms with Crippen LogP contribution in [0.4, 0.5) is 13.2 Å². The SMILES string of the molecule is Cc1ccc(S(=O)(=O)NNS(=O)(=O)C(F)(F)F)cc1. The fourth-order valence-corrected chi connectivity index (χ4v) is 2.55. The topological polar surface area (TPSA) is 92.3 Å². The summed E-state index contributed by atoms with van der Waals surface area (Å²) in [7, 11) is -10.2. The van der Waals surface area contributed by atoms with E-state index in [2.05, 4.69) is 0 Å². The molecule has 6 nitrogen and oxygen atoms in total. The van der Waals surface area contributed by atoms with E-state index in [1.54, 1.807) is 6.92 Å². The van der Waals surface area contributed by atoms with E-state index in [1.165, 1.54) is 12.1 Å². The van der Waals surface area contributed by atoms with Crippen LogP contribution >= 0.6 is 0 Å². The van der Waals surface area contributed by atoms with Gasteiger partial charge in [0.2, 0.25) is 0 Å². The Balaban J connectivity index is 2.92. The van der Waals surface area contributed by atoms with Gasteiger partial charge in [0, 0.05) is 0 Å². The highest BCUT2D eigenvalue weighted by molar-refractivity contribution is 7.93. The van der Waals surface area contributed by atoms with E-state index in [1.807, 2.05) is 0 Å². The maximum Gasteiger partial charge on any atom is 0.512 e. The molecule has 1 aromatic carbocycles. The van der Waals surface area contributed by atoms with Gasteiger partial charge in [-0.1, -0.05) is 17.7 Å². The van der Waals surface area contributed by atoms with Crippen molar-refractivity contribution < 1.29 is 30.0 Å². The van der Waals surface area contributed by atoms with E-state index in [9.17, 15) is 30.0 Å². The van der Waals surface area contributed by atoms with Gasteiger partial charge in [-0.05, 0) is 19.1 Å². The second-order valence-electron chi connectivity index (χ2n) is 3.47. The molecule has 0 aliphatic carbocycles. The molecule has 0 unspecified atom stereocenters. The van der Waals surface area contributed by atoms with E-state index in [-0.39, 0.29) is 4.90 Å². The summed E-state index contributed by atoms with van der Waals surface area (Å²) in [5, 5.41) is 0. The van der Waals surface area contributed by atoms with E-state index in [0.717, 1.165) is 27.4 Å². The van der Waals surface area contributed by atoms with Crippen LogP contribution in [0.1, 0.15) is 5.56 Å². The molecule has 0 aliphatic heterocycles. The molecule has 0 spiro atoms. The van der Waals surface area contributed by atoms with E-state index < -0.39 is 25.6 Å². The number of halogens is 3. The van der Waals surface area contributed by atoms with Gasteiger partial charge in [-0.25, -0.2) is 16.8 Å². The number of hydrazine groups is 1. The number of hydrogen-bond acceptors (Lipinski definition) is 4. The molecule has 0 fully saturated rings. The number of hydrogen-bond donors (Lipinski definition) is 2. The molecular weight excluding hydrogens is 309 g/mol. The van der Waals surface area contributed by atoms with Crippen LogP contribution in [-0.4, -0.2) is 22.3 Å². The Morgan fingerprint density at radius 2 is 1.42 bits per heavy atom. The molecule has 108 valence electrons. The third-order valence-corrected chi connectivity index (χ3v) is 4.32. The lowest BCUT2D eigenvalue weighted by Crippen LogP contribution is -2.47. The van der Waals surface area contributed by atoms with Crippen LogP contribution in [-0.2, 0) is 20.0 Å². The highest BCUT2D eigenvalue weighted by Crippen LogP contribution is 2.21. The van der Waals surface area contributed by atoms with E-state index in [4.69, 9.17) is 0 Å². The van der Waals surface area contributed by atoms with E-state index in [0.29, 0.717) is 0 Å². The summed E-state index contributed by atoms with van der Waals surface area (Å²) in [6.45, 7) is 1.68.